The van der Waals surface area contributed by atoms with Crippen LogP contribution in [0.1, 0.15) is 12.6 Å². The third kappa shape index (κ3) is 8.93. The number of ether oxygens (including phenoxy) is 1. The largest absolute Gasteiger partial charge is 0.486 e. The van der Waals surface area contributed by atoms with Crippen molar-refractivity contribution in [2.45, 2.75) is 19.4 Å². The number of carbonyl (C=O) groups excluding carboxylic acids is 1. The molecule has 2 rings (SSSR count). The number of aromatic nitrogens is 1. The molecule has 0 aliphatic heterocycles. The zero-order valence-electron chi connectivity index (χ0n) is 17.5. The van der Waals surface area contributed by atoms with E-state index < -0.39 is 5.82 Å². The summed E-state index contributed by atoms with van der Waals surface area (Å²) in [4.78, 5) is 22.3. The highest BCUT2D eigenvalue weighted by molar-refractivity contribution is 14.0. The molecule has 2 N–H and O–H groups in total. The van der Waals surface area contributed by atoms with Gasteiger partial charge < -0.3 is 20.3 Å². The summed E-state index contributed by atoms with van der Waals surface area (Å²) in [6, 6.07) is 12.0. The fraction of sp³-hybridized carbons (Fsp3) is 0.381. The maximum Gasteiger partial charge on any atom is 0.241 e. The Balaban J connectivity index is 0.00000450. The standard InChI is InChI=1S/C21H28FN5O2.HI/c1-16(29-19-10-5-4-9-18(19)22)14-25-21(23-2)26-15-20(28)27(3)13-11-17-8-6-7-12-24-17;/h4-10,12,16H,11,13-15H2,1-3H3,(H2,23,25,26);1H. The van der Waals surface area contributed by atoms with Gasteiger partial charge in [0, 0.05) is 39.0 Å². The van der Waals surface area contributed by atoms with E-state index in [4.69, 9.17) is 4.74 Å². The van der Waals surface area contributed by atoms with Crippen LogP contribution in [0.4, 0.5) is 4.39 Å². The number of carbonyl (C=O) groups is 1. The second-order valence-corrected chi connectivity index (χ2v) is 6.55. The van der Waals surface area contributed by atoms with Crippen LogP contribution in [0, 0.1) is 5.82 Å². The van der Waals surface area contributed by atoms with Gasteiger partial charge in [-0.05, 0) is 31.2 Å². The van der Waals surface area contributed by atoms with Crippen molar-refractivity contribution in [3.8, 4) is 5.75 Å². The number of rotatable bonds is 9. The normalized spacial score (nSPS) is 11.8. The Kier molecular flexibility index (Phi) is 11.7. The Hall–Kier alpha value is -2.43. The molecule has 1 unspecified atom stereocenters. The number of nitrogens with zero attached hydrogens (tertiary/aromatic N) is 3. The quantitative estimate of drug-likeness (QED) is 0.297. The van der Waals surface area contributed by atoms with E-state index in [0.717, 1.165) is 5.69 Å². The second kappa shape index (κ2) is 13.7. The van der Waals surface area contributed by atoms with Gasteiger partial charge in [-0.1, -0.05) is 18.2 Å². The van der Waals surface area contributed by atoms with Crippen molar-refractivity contribution in [3.05, 3.63) is 60.2 Å². The van der Waals surface area contributed by atoms with Crippen molar-refractivity contribution in [2.24, 2.45) is 4.99 Å². The van der Waals surface area contributed by atoms with Crippen LogP contribution in [-0.4, -0.2) is 61.6 Å². The van der Waals surface area contributed by atoms with Crippen LogP contribution in [0.3, 0.4) is 0 Å². The first-order chi connectivity index (χ1) is 14.0. The molecule has 30 heavy (non-hydrogen) atoms. The molecule has 0 saturated heterocycles. The summed E-state index contributed by atoms with van der Waals surface area (Å²) in [5, 5.41) is 6.05. The van der Waals surface area contributed by atoms with Crippen molar-refractivity contribution in [1.29, 1.82) is 0 Å². The number of likely N-dealkylation sites (N-methyl/N-ethyl adjacent to an activating group) is 1. The van der Waals surface area contributed by atoms with E-state index in [9.17, 15) is 9.18 Å². The predicted molar refractivity (Wildman–Crippen MR) is 127 cm³/mol. The van der Waals surface area contributed by atoms with Crippen molar-refractivity contribution in [2.75, 3.05) is 33.7 Å². The Morgan fingerprint density at radius 3 is 2.63 bits per heavy atom. The first kappa shape index (κ1) is 25.6. The number of halogens is 2. The molecule has 0 aliphatic rings. The average Bonchev–Trinajstić information content (AvgIpc) is 2.74. The van der Waals surface area contributed by atoms with Gasteiger partial charge in [-0.2, -0.15) is 0 Å². The van der Waals surface area contributed by atoms with Crippen LogP contribution in [-0.2, 0) is 11.2 Å². The monoisotopic (exact) mass is 529 g/mol. The van der Waals surface area contributed by atoms with Gasteiger partial charge in [0.1, 0.15) is 6.10 Å². The van der Waals surface area contributed by atoms with E-state index in [1.54, 1.807) is 43.4 Å². The van der Waals surface area contributed by atoms with E-state index >= 15 is 0 Å². The molecule has 0 bridgehead atoms. The minimum atomic E-state index is -0.402. The number of para-hydroxylation sites is 1. The van der Waals surface area contributed by atoms with Gasteiger partial charge in [0.05, 0.1) is 13.1 Å². The summed E-state index contributed by atoms with van der Waals surface area (Å²) in [5.41, 5.74) is 0.946. The lowest BCUT2D eigenvalue weighted by molar-refractivity contribution is -0.128. The lowest BCUT2D eigenvalue weighted by Gasteiger charge is -2.20. The van der Waals surface area contributed by atoms with Crippen molar-refractivity contribution in [1.82, 2.24) is 20.5 Å². The molecule has 1 aromatic carbocycles. The van der Waals surface area contributed by atoms with Crippen LogP contribution in [0.25, 0.3) is 0 Å². The molecule has 164 valence electrons. The van der Waals surface area contributed by atoms with Gasteiger partial charge in [-0.3, -0.25) is 14.8 Å². The summed E-state index contributed by atoms with van der Waals surface area (Å²) in [7, 11) is 3.38. The smallest absolute Gasteiger partial charge is 0.241 e. The SMILES string of the molecule is CN=C(NCC(=O)N(C)CCc1ccccn1)NCC(C)Oc1ccccc1F.I. The van der Waals surface area contributed by atoms with Crippen LogP contribution in [0.15, 0.2) is 53.7 Å². The molecule has 0 aliphatic carbocycles. The molecule has 0 radical (unpaired) electrons. The number of nitrogens with one attached hydrogen (secondary N) is 2. The molecule has 0 fully saturated rings. The van der Waals surface area contributed by atoms with Crippen molar-refractivity contribution < 1.29 is 13.9 Å². The summed E-state index contributed by atoms with van der Waals surface area (Å²) in [6.45, 7) is 2.92. The molecule has 9 heteroatoms. The number of benzene rings is 1. The second-order valence-electron chi connectivity index (χ2n) is 6.55. The van der Waals surface area contributed by atoms with Crippen LogP contribution >= 0.6 is 24.0 Å². The third-order valence-electron chi connectivity index (χ3n) is 4.21. The Labute approximate surface area is 194 Å². The molecule has 2 aromatic rings. The summed E-state index contributed by atoms with van der Waals surface area (Å²) in [6.07, 6.45) is 2.15. The van der Waals surface area contributed by atoms with Crippen LogP contribution in [0.5, 0.6) is 5.75 Å². The Morgan fingerprint density at radius 2 is 1.97 bits per heavy atom. The Bertz CT molecular complexity index is 807. The van der Waals surface area contributed by atoms with E-state index in [-0.39, 0.29) is 48.3 Å². The number of pyridine rings is 1. The first-order valence-corrected chi connectivity index (χ1v) is 9.49. The fourth-order valence-electron chi connectivity index (χ4n) is 2.51. The summed E-state index contributed by atoms with van der Waals surface area (Å²) >= 11 is 0. The molecular formula is C21H29FIN5O2. The van der Waals surface area contributed by atoms with Gasteiger partial charge in [0.25, 0.3) is 0 Å². The lowest BCUT2D eigenvalue weighted by Crippen LogP contribution is -2.46. The van der Waals surface area contributed by atoms with Gasteiger partial charge >= 0.3 is 0 Å². The highest BCUT2D eigenvalue weighted by Crippen LogP contribution is 2.16. The first-order valence-electron chi connectivity index (χ1n) is 9.49. The number of hydrogen-bond acceptors (Lipinski definition) is 4. The van der Waals surface area contributed by atoms with E-state index in [0.29, 0.717) is 25.5 Å². The zero-order valence-corrected chi connectivity index (χ0v) is 19.8. The number of amides is 1. The predicted octanol–water partition coefficient (Wildman–Crippen LogP) is 2.47. The summed E-state index contributed by atoms with van der Waals surface area (Å²) < 4.78 is 19.2. The molecule has 1 atom stereocenters. The maximum atomic E-state index is 13.6. The summed E-state index contributed by atoms with van der Waals surface area (Å²) in [5.74, 6) is 0.218. The van der Waals surface area contributed by atoms with Crippen molar-refractivity contribution in [3.63, 3.8) is 0 Å². The highest BCUT2D eigenvalue weighted by atomic mass is 127. The molecule has 0 saturated carbocycles. The molecule has 1 aromatic heterocycles. The van der Waals surface area contributed by atoms with Crippen LogP contribution in [0.2, 0.25) is 0 Å². The molecule has 1 amide bonds. The Morgan fingerprint density at radius 1 is 1.23 bits per heavy atom. The molecule has 7 nitrogen and oxygen atoms in total. The lowest BCUT2D eigenvalue weighted by atomic mass is 10.2. The highest BCUT2D eigenvalue weighted by Gasteiger charge is 2.12. The minimum Gasteiger partial charge on any atom is -0.486 e. The van der Waals surface area contributed by atoms with Gasteiger partial charge in [0.15, 0.2) is 17.5 Å². The van der Waals surface area contributed by atoms with Crippen LogP contribution < -0.4 is 15.4 Å². The topological polar surface area (TPSA) is 78.9 Å². The minimum absolute atomic E-state index is 0. The zero-order chi connectivity index (χ0) is 21.1. The molecule has 1 heterocycles. The van der Waals surface area contributed by atoms with Gasteiger partial charge in [0.2, 0.25) is 5.91 Å². The molecular weight excluding hydrogens is 500 g/mol. The fourth-order valence-corrected chi connectivity index (χ4v) is 2.51. The average molecular weight is 529 g/mol. The molecule has 0 spiro atoms. The number of aliphatic imine (C=N–C) groups is 1. The third-order valence-corrected chi connectivity index (χ3v) is 4.21. The van der Waals surface area contributed by atoms with E-state index in [2.05, 4.69) is 20.6 Å². The number of hydrogen-bond donors (Lipinski definition) is 2. The van der Waals surface area contributed by atoms with E-state index in [1.807, 2.05) is 25.1 Å². The number of guanidine groups is 1. The van der Waals surface area contributed by atoms with Gasteiger partial charge in [-0.25, -0.2) is 4.39 Å². The maximum absolute atomic E-state index is 13.6. The van der Waals surface area contributed by atoms with Crippen molar-refractivity contribution >= 4 is 35.8 Å². The van der Waals surface area contributed by atoms with Gasteiger partial charge in [-0.15, -0.1) is 24.0 Å². The van der Waals surface area contributed by atoms with E-state index in [1.165, 1.54) is 6.07 Å².